The van der Waals surface area contributed by atoms with Crippen LogP contribution in [0.4, 0.5) is 0 Å². The molecule has 1 aromatic heterocycles. The minimum absolute atomic E-state index is 0.344. The number of rotatable bonds is 6. The maximum Gasteiger partial charge on any atom is 0.0315 e. The van der Waals surface area contributed by atoms with Gasteiger partial charge in [-0.1, -0.05) is 35.9 Å². The summed E-state index contributed by atoms with van der Waals surface area (Å²) in [4.78, 5) is 4.18. The molecule has 2 atom stereocenters. The van der Waals surface area contributed by atoms with Crippen LogP contribution >= 0.6 is 0 Å². The van der Waals surface area contributed by atoms with Crippen LogP contribution in [0, 0.1) is 6.92 Å². The van der Waals surface area contributed by atoms with Crippen molar-refractivity contribution in [2.45, 2.75) is 45.7 Å². The lowest BCUT2D eigenvalue weighted by Crippen LogP contribution is -2.29. The van der Waals surface area contributed by atoms with Gasteiger partial charge in [0.2, 0.25) is 0 Å². The summed E-state index contributed by atoms with van der Waals surface area (Å²) in [5, 5.41) is 3.64. The fourth-order valence-corrected chi connectivity index (χ4v) is 2.49. The minimum Gasteiger partial charge on any atom is -0.308 e. The first-order chi connectivity index (χ1) is 9.65. The lowest BCUT2D eigenvalue weighted by Gasteiger charge is -2.20. The zero-order valence-corrected chi connectivity index (χ0v) is 12.6. The van der Waals surface area contributed by atoms with Crippen LogP contribution in [0.15, 0.2) is 48.8 Å². The second-order valence-corrected chi connectivity index (χ2v) is 5.60. The first-order valence-corrected chi connectivity index (χ1v) is 7.36. The van der Waals surface area contributed by atoms with Gasteiger partial charge in [0.15, 0.2) is 0 Å². The van der Waals surface area contributed by atoms with Crippen molar-refractivity contribution in [3.05, 3.63) is 65.5 Å². The van der Waals surface area contributed by atoms with Crippen molar-refractivity contribution < 1.29 is 0 Å². The van der Waals surface area contributed by atoms with Gasteiger partial charge in [0.1, 0.15) is 0 Å². The van der Waals surface area contributed by atoms with Crippen LogP contribution < -0.4 is 5.32 Å². The van der Waals surface area contributed by atoms with Gasteiger partial charge in [-0.05, 0) is 50.8 Å². The Bertz CT molecular complexity index is 522. The van der Waals surface area contributed by atoms with Crippen LogP contribution in [0.5, 0.6) is 0 Å². The summed E-state index contributed by atoms with van der Waals surface area (Å²) in [7, 11) is 0. The van der Waals surface area contributed by atoms with E-state index in [-0.39, 0.29) is 0 Å². The van der Waals surface area contributed by atoms with Crippen LogP contribution in [-0.2, 0) is 6.42 Å². The van der Waals surface area contributed by atoms with Crippen molar-refractivity contribution in [1.82, 2.24) is 10.3 Å². The quantitative estimate of drug-likeness (QED) is 0.854. The molecule has 0 saturated carbocycles. The Morgan fingerprint density at radius 3 is 2.70 bits per heavy atom. The predicted molar refractivity (Wildman–Crippen MR) is 84.7 cm³/mol. The number of hydrogen-bond donors (Lipinski definition) is 1. The number of pyridine rings is 1. The van der Waals surface area contributed by atoms with Crippen molar-refractivity contribution >= 4 is 0 Å². The van der Waals surface area contributed by atoms with Crippen LogP contribution in [-0.4, -0.2) is 11.0 Å². The summed E-state index contributed by atoms with van der Waals surface area (Å²) in [6, 6.07) is 13.7. The maximum atomic E-state index is 4.18. The van der Waals surface area contributed by atoms with Gasteiger partial charge in [0, 0.05) is 24.5 Å². The largest absolute Gasteiger partial charge is 0.308 e. The maximum absolute atomic E-state index is 4.18. The van der Waals surface area contributed by atoms with E-state index in [0.29, 0.717) is 12.1 Å². The van der Waals surface area contributed by atoms with Gasteiger partial charge in [-0.15, -0.1) is 0 Å². The molecule has 2 heteroatoms. The van der Waals surface area contributed by atoms with E-state index in [1.165, 1.54) is 16.7 Å². The van der Waals surface area contributed by atoms with E-state index in [0.717, 1.165) is 12.8 Å². The van der Waals surface area contributed by atoms with Crippen molar-refractivity contribution in [2.24, 2.45) is 0 Å². The Balaban J connectivity index is 1.82. The zero-order chi connectivity index (χ0) is 14.4. The Hall–Kier alpha value is -1.67. The molecule has 0 aliphatic heterocycles. The van der Waals surface area contributed by atoms with Crippen LogP contribution in [0.2, 0.25) is 0 Å². The summed E-state index contributed by atoms with van der Waals surface area (Å²) >= 11 is 0. The fourth-order valence-electron chi connectivity index (χ4n) is 2.49. The zero-order valence-electron chi connectivity index (χ0n) is 12.6. The van der Waals surface area contributed by atoms with Crippen molar-refractivity contribution in [2.75, 3.05) is 0 Å². The Labute approximate surface area is 122 Å². The summed E-state index contributed by atoms with van der Waals surface area (Å²) < 4.78 is 0. The number of aromatic nitrogens is 1. The Morgan fingerprint density at radius 2 is 2.00 bits per heavy atom. The van der Waals surface area contributed by atoms with Gasteiger partial charge in [-0.2, -0.15) is 0 Å². The highest BCUT2D eigenvalue weighted by Gasteiger charge is 2.09. The molecule has 106 valence electrons. The molecule has 1 unspecified atom stereocenters. The van der Waals surface area contributed by atoms with Crippen molar-refractivity contribution in [3.8, 4) is 0 Å². The molecule has 0 spiro atoms. The first-order valence-electron chi connectivity index (χ1n) is 7.36. The lowest BCUT2D eigenvalue weighted by molar-refractivity contribution is 0.455. The molecule has 0 aliphatic carbocycles. The molecule has 0 amide bonds. The Morgan fingerprint density at radius 1 is 1.15 bits per heavy atom. The highest BCUT2D eigenvalue weighted by Crippen LogP contribution is 2.13. The van der Waals surface area contributed by atoms with E-state index in [9.17, 15) is 0 Å². The topological polar surface area (TPSA) is 24.9 Å². The van der Waals surface area contributed by atoms with Crippen molar-refractivity contribution in [1.29, 1.82) is 0 Å². The van der Waals surface area contributed by atoms with Gasteiger partial charge in [-0.3, -0.25) is 4.98 Å². The minimum atomic E-state index is 0.344. The molecule has 2 nitrogen and oxygen atoms in total. The standard InChI is InChI=1S/C18H24N2/c1-14-6-4-7-17(12-14)10-9-15(2)20-16(3)18-8-5-11-19-13-18/h4-8,11-13,15-16,20H,9-10H2,1-3H3/t15?,16-/m0/s1. The van der Waals surface area contributed by atoms with Gasteiger partial charge in [-0.25, -0.2) is 0 Å². The van der Waals surface area contributed by atoms with Gasteiger partial charge in [0.05, 0.1) is 0 Å². The van der Waals surface area contributed by atoms with E-state index < -0.39 is 0 Å². The number of benzene rings is 1. The molecule has 1 N–H and O–H groups in total. The number of nitrogens with one attached hydrogen (secondary N) is 1. The molecule has 2 rings (SSSR count). The lowest BCUT2D eigenvalue weighted by atomic mass is 10.0. The van der Waals surface area contributed by atoms with Gasteiger partial charge < -0.3 is 5.32 Å². The van der Waals surface area contributed by atoms with E-state index in [1.54, 1.807) is 0 Å². The summed E-state index contributed by atoms with van der Waals surface area (Å²) in [5.41, 5.74) is 4.01. The molecular formula is C18H24N2. The molecule has 1 heterocycles. The summed E-state index contributed by atoms with van der Waals surface area (Å²) in [5.74, 6) is 0. The van der Waals surface area contributed by atoms with Crippen LogP contribution in [0.1, 0.15) is 43.0 Å². The molecule has 20 heavy (non-hydrogen) atoms. The number of nitrogens with zero attached hydrogens (tertiary/aromatic N) is 1. The highest BCUT2D eigenvalue weighted by molar-refractivity contribution is 5.22. The SMILES string of the molecule is Cc1cccc(CCC(C)N[C@@H](C)c2cccnc2)c1. The normalized spacial score (nSPS) is 13.9. The molecule has 0 bridgehead atoms. The third kappa shape index (κ3) is 4.46. The van der Waals surface area contributed by atoms with Crippen LogP contribution in [0.3, 0.4) is 0 Å². The van der Waals surface area contributed by atoms with E-state index in [4.69, 9.17) is 0 Å². The summed E-state index contributed by atoms with van der Waals surface area (Å²) in [6.07, 6.45) is 6.02. The highest BCUT2D eigenvalue weighted by atomic mass is 14.9. The smallest absolute Gasteiger partial charge is 0.0315 e. The fraction of sp³-hybridized carbons (Fsp3) is 0.389. The molecular weight excluding hydrogens is 244 g/mol. The third-order valence-corrected chi connectivity index (χ3v) is 3.67. The van der Waals surface area contributed by atoms with Gasteiger partial charge in [0.25, 0.3) is 0 Å². The van der Waals surface area contributed by atoms with E-state index in [2.05, 4.69) is 61.4 Å². The molecule has 0 saturated heterocycles. The Kier molecular flexibility index (Phi) is 5.31. The molecule has 0 radical (unpaired) electrons. The molecule has 0 fully saturated rings. The van der Waals surface area contributed by atoms with E-state index in [1.807, 2.05) is 18.5 Å². The predicted octanol–water partition coefficient (Wildman–Crippen LogP) is 4.06. The average molecular weight is 268 g/mol. The molecule has 2 aromatic rings. The summed E-state index contributed by atoms with van der Waals surface area (Å²) in [6.45, 7) is 6.60. The van der Waals surface area contributed by atoms with E-state index >= 15 is 0 Å². The monoisotopic (exact) mass is 268 g/mol. The molecule has 0 aliphatic rings. The van der Waals surface area contributed by atoms with Crippen LogP contribution in [0.25, 0.3) is 0 Å². The number of hydrogen-bond acceptors (Lipinski definition) is 2. The second-order valence-electron chi connectivity index (χ2n) is 5.60. The average Bonchev–Trinajstić information content (AvgIpc) is 2.46. The van der Waals surface area contributed by atoms with Crippen molar-refractivity contribution in [3.63, 3.8) is 0 Å². The second kappa shape index (κ2) is 7.20. The van der Waals surface area contributed by atoms with Gasteiger partial charge >= 0.3 is 0 Å². The third-order valence-electron chi connectivity index (χ3n) is 3.67. The molecule has 1 aromatic carbocycles. The number of aryl methyl sites for hydroxylation is 2. The first kappa shape index (κ1) is 14.7.